The van der Waals surface area contributed by atoms with Crippen LogP contribution in [0.5, 0.6) is 0 Å². The zero-order valence-corrected chi connectivity index (χ0v) is 56.2. The van der Waals surface area contributed by atoms with Gasteiger partial charge in [-0.25, -0.2) is 4.85 Å². The van der Waals surface area contributed by atoms with Crippen LogP contribution in [-0.2, 0) is 10.8 Å². The lowest BCUT2D eigenvalue weighted by atomic mass is 9.33. The number of para-hydroxylation sites is 5. The van der Waals surface area contributed by atoms with Gasteiger partial charge in [0.15, 0.2) is 5.69 Å². The summed E-state index contributed by atoms with van der Waals surface area (Å²) in [6, 6.07) is 114. The van der Waals surface area contributed by atoms with Crippen molar-refractivity contribution in [3.8, 4) is 61.3 Å². The van der Waals surface area contributed by atoms with E-state index in [2.05, 4.69) is 362 Å². The van der Waals surface area contributed by atoms with Gasteiger partial charge in [0.25, 0.3) is 6.71 Å². The SMILES string of the molecule is [C-]#[N+]c1ccc2c(c1)c1ccccc1n2-c1ccc2c(c1)N(c1c(-c3ccccc3)cccc1-c1ccccc1)c1c3c(c4c5ccccc5n5c6ccccc6c1c45)N(c1c(-c4ccccc4)cccc1-c1ccccc1)c1cc(-c4cc(C(C)(C)C)cc(C(C)(C)C)c4)ccc1B23. The predicted octanol–water partition coefficient (Wildman–Crippen LogP) is 23.5. The van der Waals surface area contributed by atoms with E-state index >= 15 is 0 Å². The highest BCUT2D eigenvalue weighted by molar-refractivity contribution is 7.01. The third-order valence-corrected chi connectivity index (χ3v) is 21.3. The Morgan fingerprint density at radius 2 is 0.747 bits per heavy atom. The summed E-state index contributed by atoms with van der Waals surface area (Å²) in [5, 5.41) is 6.97. The molecule has 14 aromatic carbocycles. The molecule has 0 saturated heterocycles. The van der Waals surface area contributed by atoms with Gasteiger partial charge in [0.1, 0.15) is 0 Å². The largest absolute Gasteiger partial charge is 0.309 e. The third kappa shape index (κ3) is 8.80. The van der Waals surface area contributed by atoms with Crippen molar-refractivity contribution in [2.24, 2.45) is 0 Å². The molecule has 0 unspecified atom stereocenters. The van der Waals surface area contributed by atoms with Gasteiger partial charge >= 0.3 is 0 Å². The standard InChI is InChI=1S/C93H68BN5/c1-92(2,3)64-52-63(53-65(55-64)93(4,5)6)62-46-49-76-82(54-62)98(87-68(58-28-12-8-13-29-58)39-26-40-69(87)59-30-14-9-15-31-59)90-84-73-37-21-24-44-79(73)97-80-45-25-22-38-74(80)85(89(84)97)91-86(90)94(76)77-50-48-67(96-78-43-23-20-36-72(78)75-56-66(95-7)47-51-81(75)96)57-83(77)99(91)88-70(60-32-16-10-17-33-60)41-27-42-71(88)61-34-18-11-19-35-61/h8-57H,1-6H3. The van der Waals surface area contributed by atoms with E-state index in [1.54, 1.807) is 0 Å². The highest BCUT2D eigenvalue weighted by Gasteiger charge is 2.48. The maximum atomic E-state index is 8.18. The number of fused-ring (bicyclic) bond motifs is 15. The first-order valence-corrected chi connectivity index (χ1v) is 34.6. The van der Waals surface area contributed by atoms with Crippen LogP contribution >= 0.6 is 0 Å². The summed E-state index contributed by atoms with van der Waals surface area (Å²) in [6.07, 6.45) is 0. The first kappa shape index (κ1) is 58.2. The van der Waals surface area contributed by atoms with Gasteiger partial charge in [-0.2, -0.15) is 0 Å². The molecule has 0 saturated carbocycles. The second-order valence-corrected chi connectivity index (χ2v) is 29.0. The van der Waals surface area contributed by atoms with Gasteiger partial charge in [-0.15, -0.1) is 0 Å². The summed E-state index contributed by atoms with van der Waals surface area (Å²) in [5.74, 6) is 0. The van der Waals surface area contributed by atoms with Crippen molar-refractivity contribution < 1.29 is 0 Å². The summed E-state index contributed by atoms with van der Waals surface area (Å²) in [5.41, 5.74) is 31.5. The fourth-order valence-corrected chi connectivity index (χ4v) is 16.7. The Morgan fingerprint density at radius 3 is 1.22 bits per heavy atom. The minimum Gasteiger partial charge on any atom is -0.309 e. The molecule has 468 valence electrons. The van der Waals surface area contributed by atoms with Crippen molar-refractivity contribution in [1.29, 1.82) is 0 Å². The van der Waals surface area contributed by atoms with Crippen LogP contribution in [0.3, 0.4) is 0 Å². The van der Waals surface area contributed by atoms with Crippen molar-refractivity contribution in [2.45, 2.75) is 52.4 Å². The zero-order chi connectivity index (χ0) is 66.6. The van der Waals surface area contributed by atoms with Crippen molar-refractivity contribution in [3.05, 3.63) is 326 Å². The molecule has 0 aliphatic carbocycles. The first-order valence-electron chi connectivity index (χ1n) is 34.6. The molecule has 5 heterocycles. The van der Waals surface area contributed by atoms with E-state index < -0.39 is 0 Å². The summed E-state index contributed by atoms with van der Waals surface area (Å²) < 4.78 is 5.03. The average molecular weight is 1270 g/mol. The van der Waals surface area contributed by atoms with Crippen LogP contribution in [0.2, 0.25) is 0 Å². The highest BCUT2D eigenvalue weighted by Crippen LogP contribution is 2.59. The summed E-state index contributed by atoms with van der Waals surface area (Å²) >= 11 is 0. The number of hydrogen-bond donors (Lipinski definition) is 0. The third-order valence-electron chi connectivity index (χ3n) is 21.3. The fourth-order valence-electron chi connectivity index (χ4n) is 16.7. The lowest BCUT2D eigenvalue weighted by Crippen LogP contribution is -2.61. The Kier molecular flexibility index (Phi) is 12.9. The van der Waals surface area contributed by atoms with Crippen LogP contribution in [0, 0.1) is 6.57 Å². The lowest BCUT2D eigenvalue weighted by Gasteiger charge is -2.46. The number of nitrogens with zero attached hydrogens (tertiary/aromatic N) is 5. The fraction of sp³-hybridized carbons (Fsp3) is 0.0860. The number of rotatable bonds is 8. The van der Waals surface area contributed by atoms with Gasteiger partial charge in [-0.1, -0.05) is 296 Å². The summed E-state index contributed by atoms with van der Waals surface area (Å²) in [7, 11) is 0. The quantitative estimate of drug-likeness (QED) is 0.112. The molecule has 2 aliphatic rings. The summed E-state index contributed by atoms with van der Waals surface area (Å²) in [4.78, 5) is 9.45. The van der Waals surface area contributed by atoms with Gasteiger partial charge in [0, 0.05) is 66.2 Å². The molecule has 99 heavy (non-hydrogen) atoms. The molecule has 5 nitrogen and oxygen atoms in total. The van der Waals surface area contributed by atoms with Crippen LogP contribution in [0.4, 0.5) is 39.8 Å². The normalized spacial score (nSPS) is 12.9. The van der Waals surface area contributed by atoms with Crippen LogP contribution in [0.15, 0.2) is 303 Å². The molecule has 3 aromatic heterocycles. The van der Waals surface area contributed by atoms with Gasteiger partial charge in [-0.3, -0.25) is 0 Å². The van der Waals surface area contributed by atoms with Crippen molar-refractivity contribution >= 4 is 123 Å². The Balaban J connectivity index is 1.05. The monoisotopic (exact) mass is 1270 g/mol. The molecule has 6 heteroatoms. The molecule has 19 rings (SSSR count). The smallest absolute Gasteiger partial charge is 0.252 e. The van der Waals surface area contributed by atoms with Gasteiger partial charge in [0.05, 0.1) is 56.9 Å². The molecule has 0 amide bonds. The molecule has 17 aromatic rings. The van der Waals surface area contributed by atoms with E-state index in [0.29, 0.717) is 5.69 Å². The summed E-state index contributed by atoms with van der Waals surface area (Å²) in [6.45, 7) is 21.9. The minimum absolute atomic E-state index is 0.109. The Bertz CT molecular complexity index is 6050. The number of benzene rings is 14. The Hall–Kier alpha value is -12.2. The van der Waals surface area contributed by atoms with Gasteiger partial charge < -0.3 is 18.8 Å². The van der Waals surface area contributed by atoms with E-state index in [9.17, 15) is 0 Å². The molecule has 0 atom stereocenters. The van der Waals surface area contributed by atoms with Crippen LogP contribution in [0.1, 0.15) is 52.7 Å². The van der Waals surface area contributed by atoms with E-state index in [-0.39, 0.29) is 17.5 Å². The average Bonchev–Trinajstić information content (AvgIpc) is 1.61. The van der Waals surface area contributed by atoms with E-state index in [1.165, 1.54) is 60.1 Å². The molecule has 0 fully saturated rings. The van der Waals surface area contributed by atoms with E-state index in [1.807, 2.05) is 6.07 Å². The second kappa shape index (κ2) is 21.9. The lowest BCUT2D eigenvalue weighted by molar-refractivity contribution is 0.569. The van der Waals surface area contributed by atoms with Gasteiger partial charge in [0.2, 0.25) is 0 Å². The Labute approximate surface area is 577 Å². The molecule has 0 radical (unpaired) electrons. The number of hydrogen-bond acceptors (Lipinski definition) is 2. The van der Waals surface area contributed by atoms with Crippen molar-refractivity contribution in [1.82, 2.24) is 8.97 Å². The molecule has 0 bridgehead atoms. The topological polar surface area (TPSA) is 20.2 Å². The maximum Gasteiger partial charge on any atom is 0.252 e. The van der Waals surface area contributed by atoms with Crippen molar-refractivity contribution in [2.75, 3.05) is 9.80 Å². The van der Waals surface area contributed by atoms with E-state index in [0.717, 1.165) is 123 Å². The molecule has 0 N–H and O–H groups in total. The molecule has 2 aliphatic heterocycles. The molecular formula is C93H68BN5. The zero-order valence-electron chi connectivity index (χ0n) is 56.2. The van der Waals surface area contributed by atoms with Crippen LogP contribution in [0.25, 0.3) is 126 Å². The van der Waals surface area contributed by atoms with E-state index in [4.69, 9.17) is 6.57 Å². The van der Waals surface area contributed by atoms with Crippen LogP contribution < -0.4 is 26.2 Å². The second-order valence-electron chi connectivity index (χ2n) is 29.0. The van der Waals surface area contributed by atoms with Crippen LogP contribution in [-0.4, -0.2) is 15.7 Å². The molecule has 0 spiro atoms. The number of aromatic nitrogens is 2. The molecular weight excluding hydrogens is 1200 g/mol. The predicted molar refractivity (Wildman–Crippen MR) is 420 cm³/mol. The Morgan fingerprint density at radius 1 is 0.323 bits per heavy atom. The highest BCUT2D eigenvalue weighted by atomic mass is 15.2. The first-order chi connectivity index (χ1) is 48.4. The maximum absolute atomic E-state index is 8.18. The minimum atomic E-state index is -0.301. The number of anilines is 6. The van der Waals surface area contributed by atoms with Crippen molar-refractivity contribution in [3.63, 3.8) is 0 Å². The van der Waals surface area contributed by atoms with Gasteiger partial charge in [-0.05, 0) is 126 Å².